The zero-order chi connectivity index (χ0) is 13.7. The molecule has 1 aliphatic rings. The SMILES string of the molecule is CC(NCCC1=CCCCC1)c1ccc(Cl)cc1Cl. The first-order valence-electron chi connectivity index (χ1n) is 7.03. The highest BCUT2D eigenvalue weighted by Gasteiger charge is 2.10. The summed E-state index contributed by atoms with van der Waals surface area (Å²) in [6.07, 6.45) is 8.80. The summed E-state index contributed by atoms with van der Waals surface area (Å²) in [7, 11) is 0. The van der Waals surface area contributed by atoms with Gasteiger partial charge in [0, 0.05) is 16.1 Å². The average molecular weight is 298 g/mol. The van der Waals surface area contributed by atoms with E-state index in [9.17, 15) is 0 Å². The predicted molar refractivity (Wildman–Crippen MR) is 84.0 cm³/mol. The van der Waals surface area contributed by atoms with Crippen LogP contribution in [0, 0.1) is 0 Å². The summed E-state index contributed by atoms with van der Waals surface area (Å²) in [4.78, 5) is 0. The van der Waals surface area contributed by atoms with E-state index in [1.54, 1.807) is 11.6 Å². The number of rotatable bonds is 5. The minimum atomic E-state index is 0.258. The molecule has 0 fully saturated rings. The van der Waals surface area contributed by atoms with Crippen molar-refractivity contribution >= 4 is 23.2 Å². The van der Waals surface area contributed by atoms with Gasteiger partial charge in [0.05, 0.1) is 0 Å². The first-order valence-corrected chi connectivity index (χ1v) is 7.78. The Bertz CT molecular complexity index is 454. The standard InChI is InChI=1S/C16H21Cl2N/c1-12(15-8-7-14(17)11-16(15)18)19-10-9-13-5-3-2-4-6-13/h5,7-8,11-12,19H,2-4,6,9-10H2,1H3. The Kier molecular flexibility index (Phi) is 5.75. The van der Waals surface area contributed by atoms with Crippen LogP contribution in [0.3, 0.4) is 0 Å². The second-order valence-corrected chi connectivity index (χ2v) is 6.04. The van der Waals surface area contributed by atoms with Gasteiger partial charge in [0.2, 0.25) is 0 Å². The molecule has 3 heteroatoms. The lowest BCUT2D eigenvalue weighted by Gasteiger charge is -2.18. The predicted octanol–water partition coefficient (Wildman–Crippen LogP) is 5.53. The van der Waals surface area contributed by atoms with E-state index in [2.05, 4.69) is 18.3 Å². The summed E-state index contributed by atoms with van der Waals surface area (Å²) in [6.45, 7) is 3.15. The normalized spacial score (nSPS) is 17.1. The molecule has 1 aliphatic carbocycles. The zero-order valence-electron chi connectivity index (χ0n) is 11.4. The molecule has 0 radical (unpaired) electrons. The highest BCUT2D eigenvalue weighted by Crippen LogP contribution is 2.26. The number of benzene rings is 1. The van der Waals surface area contributed by atoms with E-state index in [-0.39, 0.29) is 6.04 Å². The summed E-state index contributed by atoms with van der Waals surface area (Å²) in [5.74, 6) is 0. The molecular weight excluding hydrogens is 277 g/mol. The zero-order valence-corrected chi connectivity index (χ0v) is 12.9. The first-order chi connectivity index (χ1) is 9.16. The molecule has 0 amide bonds. The number of hydrogen-bond acceptors (Lipinski definition) is 1. The Labute approximate surface area is 126 Å². The lowest BCUT2D eigenvalue weighted by molar-refractivity contribution is 0.562. The second-order valence-electron chi connectivity index (χ2n) is 5.20. The maximum absolute atomic E-state index is 6.22. The number of halogens is 2. The lowest BCUT2D eigenvalue weighted by Crippen LogP contribution is -2.20. The summed E-state index contributed by atoms with van der Waals surface area (Å²) in [5, 5.41) is 4.97. The molecule has 104 valence electrons. The lowest BCUT2D eigenvalue weighted by atomic mass is 9.97. The Balaban J connectivity index is 1.83. The Morgan fingerprint density at radius 3 is 2.79 bits per heavy atom. The van der Waals surface area contributed by atoms with Crippen molar-refractivity contribution in [2.75, 3.05) is 6.54 Å². The number of hydrogen-bond donors (Lipinski definition) is 1. The number of allylic oxidation sites excluding steroid dienone is 1. The highest BCUT2D eigenvalue weighted by molar-refractivity contribution is 6.35. The van der Waals surface area contributed by atoms with Crippen LogP contribution in [0.25, 0.3) is 0 Å². The molecule has 1 unspecified atom stereocenters. The highest BCUT2D eigenvalue weighted by atomic mass is 35.5. The molecule has 0 saturated carbocycles. The third-order valence-electron chi connectivity index (χ3n) is 3.71. The van der Waals surface area contributed by atoms with Gasteiger partial charge in [0.15, 0.2) is 0 Å². The maximum atomic E-state index is 6.22. The first kappa shape index (κ1) is 14.9. The molecule has 0 bridgehead atoms. The van der Waals surface area contributed by atoms with Crippen molar-refractivity contribution in [2.45, 2.75) is 45.1 Å². The van der Waals surface area contributed by atoms with E-state index in [1.807, 2.05) is 12.1 Å². The Hall–Kier alpha value is -0.500. The smallest absolute Gasteiger partial charge is 0.0468 e. The fraction of sp³-hybridized carbons (Fsp3) is 0.500. The summed E-state index contributed by atoms with van der Waals surface area (Å²) >= 11 is 12.1. The molecular formula is C16H21Cl2N. The minimum Gasteiger partial charge on any atom is -0.310 e. The van der Waals surface area contributed by atoms with Crippen molar-refractivity contribution in [3.63, 3.8) is 0 Å². The van der Waals surface area contributed by atoms with Crippen LogP contribution < -0.4 is 5.32 Å². The van der Waals surface area contributed by atoms with E-state index in [4.69, 9.17) is 23.2 Å². The third kappa shape index (κ3) is 4.52. The second kappa shape index (κ2) is 7.33. The van der Waals surface area contributed by atoms with Crippen LogP contribution >= 0.6 is 23.2 Å². The fourth-order valence-electron chi connectivity index (χ4n) is 2.54. The van der Waals surface area contributed by atoms with E-state index >= 15 is 0 Å². The molecule has 1 N–H and O–H groups in total. The van der Waals surface area contributed by atoms with Crippen LogP contribution in [0.1, 0.15) is 50.6 Å². The summed E-state index contributed by atoms with van der Waals surface area (Å²) in [5.41, 5.74) is 2.72. The third-order valence-corrected chi connectivity index (χ3v) is 4.27. The Morgan fingerprint density at radius 1 is 1.26 bits per heavy atom. The molecule has 0 aromatic heterocycles. The van der Waals surface area contributed by atoms with Gasteiger partial charge in [-0.15, -0.1) is 0 Å². The minimum absolute atomic E-state index is 0.258. The van der Waals surface area contributed by atoms with Gasteiger partial charge >= 0.3 is 0 Å². The van der Waals surface area contributed by atoms with Gasteiger partial charge in [-0.2, -0.15) is 0 Å². The van der Waals surface area contributed by atoms with Crippen LogP contribution in [-0.4, -0.2) is 6.54 Å². The summed E-state index contributed by atoms with van der Waals surface area (Å²) in [6, 6.07) is 5.96. The molecule has 1 atom stereocenters. The Morgan fingerprint density at radius 2 is 2.11 bits per heavy atom. The van der Waals surface area contributed by atoms with Gasteiger partial charge in [0.25, 0.3) is 0 Å². The van der Waals surface area contributed by atoms with Gasteiger partial charge < -0.3 is 5.32 Å². The van der Waals surface area contributed by atoms with Gasteiger partial charge in [0.1, 0.15) is 0 Å². The molecule has 0 aliphatic heterocycles. The van der Waals surface area contributed by atoms with Crippen molar-refractivity contribution < 1.29 is 0 Å². The van der Waals surface area contributed by atoms with E-state index < -0.39 is 0 Å². The van der Waals surface area contributed by atoms with Gasteiger partial charge in [-0.25, -0.2) is 0 Å². The van der Waals surface area contributed by atoms with Gasteiger partial charge in [-0.1, -0.05) is 40.9 Å². The quantitative estimate of drug-likeness (QED) is 0.704. The monoisotopic (exact) mass is 297 g/mol. The van der Waals surface area contributed by atoms with E-state index in [1.165, 1.54) is 25.7 Å². The van der Waals surface area contributed by atoms with Crippen molar-refractivity contribution in [1.82, 2.24) is 5.32 Å². The average Bonchev–Trinajstić information content (AvgIpc) is 2.39. The largest absolute Gasteiger partial charge is 0.310 e. The fourth-order valence-corrected chi connectivity index (χ4v) is 3.12. The van der Waals surface area contributed by atoms with Crippen molar-refractivity contribution in [3.05, 3.63) is 45.5 Å². The van der Waals surface area contributed by atoms with Crippen molar-refractivity contribution in [2.24, 2.45) is 0 Å². The van der Waals surface area contributed by atoms with Gasteiger partial charge in [-0.05, 0) is 63.3 Å². The van der Waals surface area contributed by atoms with Crippen molar-refractivity contribution in [3.8, 4) is 0 Å². The molecule has 0 saturated heterocycles. The molecule has 19 heavy (non-hydrogen) atoms. The van der Waals surface area contributed by atoms with Crippen LogP contribution in [0.2, 0.25) is 10.0 Å². The molecule has 1 nitrogen and oxygen atoms in total. The van der Waals surface area contributed by atoms with Crippen LogP contribution in [0.15, 0.2) is 29.8 Å². The molecule has 0 spiro atoms. The molecule has 2 rings (SSSR count). The maximum Gasteiger partial charge on any atom is 0.0468 e. The van der Waals surface area contributed by atoms with Gasteiger partial charge in [-0.3, -0.25) is 0 Å². The molecule has 1 aromatic rings. The van der Waals surface area contributed by atoms with E-state index in [0.717, 1.165) is 23.6 Å². The molecule has 0 heterocycles. The molecule has 1 aromatic carbocycles. The van der Waals surface area contributed by atoms with Crippen molar-refractivity contribution in [1.29, 1.82) is 0 Å². The van der Waals surface area contributed by atoms with E-state index in [0.29, 0.717) is 5.02 Å². The van der Waals surface area contributed by atoms with Crippen LogP contribution in [-0.2, 0) is 0 Å². The van der Waals surface area contributed by atoms with Crippen LogP contribution in [0.5, 0.6) is 0 Å². The van der Waals surface area contributed by atoms with Crippen LogP contribution in [0.4, 0.5) is 0 Å². The number of nitrogens with one attached hydrogen (secondary N) is 1. The topological polar surface area (TPSA) is 12.0 Å². The summed E-state index contributed by atoms with van der Waals surface area (Å²) < 4.78 is 0.